The van der Waals surface area contributed by atoms with Crippen LogP contribution in [0.4, 0.5) is 5.82 Å². The van der Waals surface area contributed by atoms with E-state index < -0.39 is 0 Å². The van der Waals surface area contributed by atoms with E-state index in [-0.39, 0.29) is 0 Å². The lowest BCUT2D eigenvalue weighted by molar-refractivity contribution is 0.368. The molecule has 3 N–H and O–H groups in total. The third-order valence-corrected chi connectivity index (χ3v) is 7.22. The zero-order chi connectivity index (χ0) is 23.4. The normalized spacial score (nSPS) is 19.7. The Morgan fingerprint density at radius 3 is 2.80 bits per heavy atom. The van der Waals surface area contributed by atoms with Gasteiger partial charge in [-0.05, 0) is 43.1 Å². The molecule has 0 spiro atoms. The molecule has 35 heavy (non-hydrogen) atoms. The fourth-order valence-corrected chi connectivity index (χ4v) is 5.26. The summed E-state index contributed by atoms with van der Waals surface area (Å²) in [5.41, 5.74) is 5.91. The Balaban J connectivity index is 1.47. The molecule has 1 aliphatic heterocycles. The van der Waals surface area contributed by atoms with Crippen molar-refractivity contribution < 1.29 is 0 Å². The minimum absolute atomic E-state index is 0.333. The SMILES string of the molecule is C[C@H]1CNCC[C@H]1Nc1nc(-c2ccnc3[nH]c4ccccc4c23)nc2cncc(C3=CC=C3)c12. The number of allylic oxidation sites excluding steroid dienone is 4. The molecule has 172 valence electrons. The molecule has 5 aromatic rings. The molecule has 0 bridgehead atoms. The predicted molar refractivity (Wildman–Crippen MR) is 141 cm³/mol. The standard InChI is InChI=1S/C28H25N7/c1-16-13-29-11-10-21(16)32-28-25-20(17-5-4-6-17)14-30-15-23(25)34-26(35-28)19-9-12-31-27-24(19)18-7-2-3-8-22(18)33-27/h2-9,12,14-16,21,29H,10-11,13H2,1H3,(H,31,33)(H,32,34,35)/t16-,21+/m0/s1. The first kappa shape index (κ1) is 20.3. The van der Waals surface area contributed by atoms with Crippen LogP contribution in [0.3, 0.4) is 0 Å². The van der Waals surface area contributed by atoms with Gasteiger partial charge < -0.3 is 15.6 Å². The zero-order valence-electron chi connectivity index (χ0n) is 19.4. The number of rotatable bonds is 4. The van der Waals surface area contributed by atoms with E-state index in [0.717, 1.165) is 74.9 Å². The van der Waals surface area contributed by atoms with Crippen molar-refractivity contribution in [1.82, 2.24) is 30.2 Å². The molecule has 2 atom stereocenters. The van der Waals surface area contributed by atoms with E-state index in [9.17, 15) is 0 Å². The van der Waals surface area contributed by atoms with Gasteiger partial charge >= 0.3 is 0 Å². The number of anilines is 1. The number of hydrogen-bond donors (Lipinski definition) is 3. The maximum absolute atomic E-state index is 5.17. The molecule has 0 unspecified atom stereocenters. The van der Waals surface area contributed by atoms with Crippen LogP contribution in [-0.2, 0) is 0 Å². The molecule has 1 aliphatic carbocycles. The smallest absolute Gasteiger partial charge is 0.163 e. The molecule has 1 aromatic carbocycles. The highest BCUT2D eigenvalue weighted by molar-refractivity contribution is 6.12. The van der Waals surface area contributed by atoms with Crippen LogP contribution < -0.4 is 10.6 Å². The van der Waals surface area contributed by atoms with Gasteiger partial charge in [0.2, 0.25) is 0 Å². The van der Waals surface area contributed by atoms with E-state index in [0.29, 0.717) is 17.8 Å². The lowest BCUT2D eigenvalue weighted by atomic mass is 9.94. The number of aromatic nitrogens is 5. The minimum atomic E-state index is 0.333. The second-order valence-electron chi connectivity index (χ2n) is 9.43. The summed E-state index contributed by atoms with van der Waals surface area (Å²) < 4.78 is 0. The number of pyridine rings is 2. The van der Waals surface area contributed by atoms with Crippen molar-refractivity contribution in [3.8, 4) is 11.4 Å². The molecule has 7 nitrogen and oxygen atoms in total. The number of aromatic amines is 1. The van der Waals surface area contributed by atoms with Gasteiger partial charge in [0, 0.05) is 45.9 Å². The number of fused-ring (bicyclic) bond motifs is 4. The Morgan fingerprint density at radius 1 is 1.03 bits per heavy atom. The van der Waals surface area contributed by atoms with Gasteiger partial charge in [0.25, 0.3) is 0 Å². The molecule has 0 saturated carbocycles. The molecular weight excluding hydrogens is 434 g/mol. The number of hydrogen-bond acceptors (Lipinski definition) is 6. The number of benzene rings is 1. The molecule has 4 aromatic heterocycles. The van der Waals surface area contributed by atoms with Gasteiger partial charge in [0.05, 0.1) is 17.1 Å². The van der Waals surface area contributed by atoms with Crippen LogP contribution in [0.5, 0.6) is 0 Å². The second-order valence-corrected chi connectivity index (χ2v) is 9.43. The highest BCUT2D eigenvalue weighted by atomic mass is 15.1. The average molecular weight is 460 g/mol. The number of H-pyrrole nitrogens is 1. The average Bonchev–Trinajstić information content (AvgIpc) is 3.23. The summed E-state index contributed by atoms with van der Waals surface area (Å²) in [5.74, 6) is 2.04. The maximum Gasteiger partial charge on any atom is 0.163 e. The Morgan fingerprint density at radius 2 is 1.94 bits per heavy atom. The van der Waals surface area contributed by atoms with E-state index in [1.807, 2.05) is 30.7 Å². The molecule has 1 fully saturated rings. The molecule has 2 aliphatic rings. The number of para-hydroxylation sites is 1. The fourth-order valence-electron chi connectivity index (χ4n) is 5.26. The van der Waals surface area contributed by atoms with Gasteiger partial charge in [0.15, 0.2) is 5.82 Å². The van der Waals surface area contributed by atoms with Gasteiger partial charge in [-0.1, -0.05) is 43.4 Å². The summed E-state index contributed by atoms with van der Waals surface area (Å²) in [6.45, 7) is 4.28. The number of piperidine rings is 1. The Labute approximate surface area is 202 Å². The van der Waals surface area contributed by atoms with Crippen LogP contribution in [0.15, 0.2) is 67.2 Å². The largest absolute Gasteiger partial charge is 0.366 e. The minimum Gasteiger partial charge on any atom is -0.366 e. The molecule has 7 rings (SSSR count). The first-order valence-electron chi connectivity index (χ1n) is 12.1. The number of nitrogens with zero attached hydrogens (tertiary/aromatic N) is 4. The zero-order valence-corrected chi connectivity index (χ0v) is 19.4. The summed E-state index contributed by atoms with van der Waals surface area (Å²) in [6, 6.07) is 10.6. The van der Waals surface area contributed by atoms with Crippen molar-refractivity contribution in [2.24, 2.45) is 5.92 Å². The van der Waals surface area contributed by atoms with Gasteiger partial charge in [-0.15, -0.1) is 0 Å². The van der Waals surface area contributed by atoms with Gasteiger partial charge in [-0.2, -0.15) is 0 Å². The summed E-state index contributed by atoms with van der Waals surface area (Å²) in [6.07, 6.45) is 12.9. The van der Waals surface area contributed by atoms with Crippen molar-refractivity contribution in [2.75, 3.05) is 18.4 Å². The van der Waals surface area contributed by atoms with Gasteiger partial charge in [-0.25, -0.2) is 15.0 Å². The molecule has 0 radical (unpaired) electrons. The first-order chi connectivity index (χ1) is 17.3. The second kappa shape index (κ2) is 7.99. The predicted octanol–water partition coefficient (Wildman–Crippen LogP) is 5.08. The quantitative estimate of drug-likeness (QED) is 0.347. The van der Waals surface area contributed by atoms with Crippen LogP contribution in [0.2, 0.25) is 0 Å². The van der Waals surface area contributed by atoms with E-state index >= 15 is 0 Å². The van der Waals surface area contributed by atoms with Crippen LogP contribution in [0.25, 0.3) is 49.8 Å². The summed E-state index contributed by atoms with van der Waals surface area (Å²) in [5, 5.41) is 10.5. The van der Waals surface area contributed by atoms with Crippen LogP contribution >= 0.6 is 0 Å². The molecular formula is C28H25N7. The first-order valence-corrected chi connectivity index (χ1v) is 12.1. The fraction of sp³-hybridized carbons (Fsp3) is 0.214. The van der Waals surface area contributed by atoms with E-state index in [1.165, 1.54) is 0 Å². The Hall–Kier alpha value is -4.10. The van der Waals surface area contributed by atoms with Crippen molar-refractivity contribution in [3.63, 3.8) is 0 Å². The highest BCUT2D eigenvalue weighted by Crippen LogP contribution is 2.37. The Bertz CT molecular complexity index is 1660. The lowest BCUT2D eigenvalue weighted by Gasteiger charge is -2.31. The lowest BCUT2D eigenvalue weighted by Crippen LogP contribution is -2.42. The molecule has 5 heterocycles. The van der Waals surface area contributed by atoms with Gasteiger partial charge in [0.1, 0.15) is 11.5 Å². The van der Waals surface area contributed by atoms with Crippen molar-refractivity contribution in [1.29, 1.82) is 0 Å². The summed E-state index contributed by atoms with van der Waals surface area (Å²) >= 11 is 0. The van der Waals surface area contributed by atoms with Crippen molar-refractivity contribution in [3.05, 3.63) is 72.7 Å². The van der Waals surface area contributed by atoms with Gasteiger partial charge in [-0.3, -0.25) is 4.98 Å². The van der Waals surface area contributed by atoms with Crippen LogP contribution in [-0.4, -0.2) is 44.1 Å². The van der Waals surface area contributed by atoms with Crippen molar-refractivity contribution >= 4 is 44.2 Å². The van der Waals surface area contributed by atoms with Crippen molar-refractivity contribution in [2.45, 2.75) is 19.4 Å². The Kier molecular flexibility index (Phi) is 4.63. The van der Waals surface area contributed by atoms with E-state index in [4.69, 9.17) is 9.97 Å². The monoisotopic (exact) mass is 459 g/mol. The topological polar surface area (TPSA) is 91.4 Å². The summed E-state index contributed by atoms with van der Waals surface area (Å²) in [4.78, 5) is 22.8. The van der Waals surface area contributed by atoms with Crippen LogP contribution in [0, 0.1) is 5.92 Å². The van der Waals surface area contributed by atoms with E-state index in [2.05, 4.69) is 68.9 Å². The third-order valence-electron chi connectivity index (χ3n) is 7.22. The molecule has 1 saturated heterocycles. The maximum atomic E-state index is 5.17. The van der Waals surface area contributed by atoms with Crippen LogP contribution in [0.1, 0.15) is 18.9 Å². The summed E-state index contributed by atoms with van der Waals surface area (Å²) in [7, 11) is 0. The third kappa shape index (κ3) is 3.31. The molecule has 7 heteroatoms. The highest BCUT2D eigenvalue weighted by Gasteiger charge is 2.24. The number of nitrogens with one attached hydrogen (secondary N) is 3. The molecule has 0 amide bonds. The van der Waals surface area contributed by atoms with E-state index in [1.54, 1.807) is 0 Å².